The van der Waals surface area contributed by atoms with Crippen molar-refractivity contribution in [3.05, 3.63) is 0 Å². The summed E-state index contributed by atoms with van der Waals surface area (Å²) in [5.74, 6) is 3.87. The molecule has 2 aliphatic carbocycles. The van der Waals surface area contributed by atoms with Gasteiger partial charge in [-0.3, -0.25) is 0 Å². The van der Waals surface area contributed by atoms with E-state index in [0.717, 1.165) is 31.8 Å². The molecule has 1 unspecified atom stereocenters. The quantitative estimate of drug-likeness (QED) is 0.540. The Kier molecular flexibility index (Phi) is 5.93. The lowest BCUT2D eigenvalue weighted by Gasteiger charge is -2.28. The summed E-state index contributed by atoms with van der Waals surface area (Å²) in [4.78, 5) is 0. The molecule has 1 atom stereocenters. The summed E-state index contributed by atoms with van der Waals surface area (Å²) in [5, 5.41) is 0. The maximum absolute atomic E-state index is 6.18. The van der Waals surface area contributed by atoms with Crippen molar-refractivity contribution >= 4 is 0 Å². The first-order valence-electron chi connectivity index (χ1n) is 8.52. The van der Waals surface area contributed by atoms with Crippen molar-refractivity contribution < 1.29 is 4.74 Å². The van der Waals surface area contributed by atoms with Gasteiger partial charge in [-0.05, 0) is 63.7 Å². The first-order valence-corrected chi connectivity index (χ1v) is 8.52. The lowest BCUT2D eigenvalue weighted by Crippen LogP contribution is -2.25. The van der Waals surface area contributed by atoms with Crippen molar-refractivity contribution in [3.8, 4) is 12.3 Å². The SMILES string of the molecule is C#CC1(CC(N)CCCOC2CCC(CC)CC2)CC1. The Hall–Kier alpha value is -0.520. The Balaban J connectivity index is 1.50. The third-order valence-electron chi connectivity index (χ3n) is 5.26. The summed E-state index contributed by atoms with van der Waals surface area (Å²) >= 11 is 0. The predicted octanol–water partition coefficient (Wildman–Crippen LogP) is 3.88. The zero-order chi connectivity index (χ0) is 14.4. The van der Waals surface area contributed by atoms with Crippen LogP contribution in [0.1, 0.15) is 71.1 Å². The van der Waals surface area contributed by atoms with Gasteiger partial charge in [-0.15, -0.1) is 6.42 Å². The molecule has 0 spiro atoms. The Labute approximate surface area is 124 Å². The summed E-state index contributed by atoms with van der Waals surface area (Å²) in [7, 11) is 0. The molecule has 2 rings (SSSR count). The normalized spacial score (nSPS) is 29.6. The molecule has 2 saturated carbocycles. The summed E-state index contributed by atoms with van der Waals surface area (Å²) < 4.78 is 6.00. The van der Waals surface area contributed by atoms with E-state index in [-0.39, 0.29) is 11.5 Å². The number of hydrogen-bond donors (Lipinski definition) is 1. The molecule has 0 saturated heterocycles. The highest BCUT2D eigenvalue weighted by Crippen LogP contribution is 2.48. The van der Waals surface area contributed by atoms with Gasteiger partial charge in [-0.1, -0.05) is 19.3 Å². The minimum atomic E-state index is 0.165. The van der Waals surface area contributed by atoms with Crippen LogP contribution in [0.15, 0.2) is 0 Å². The Morgan fingerprint density at radius 3 is 2.55 bits per heavy atom. The van der Waals surface area contributed by atoms with Gasteiger partial charge in [-0.2, -0.15) is 0 Å². The van der Waals surface area contributed by atoms with Crippen molar-refractivity contribution in [1.82, 2.24) is 0 Å². The highest BCUT2D eigenvalue weighted by atomic mass is 16.5. The van der Waals surface area contributed by atoms with E-state index < -0.39 is 0 Å². The molecule has 20 heavy (non-hydrogen) atoms. The van der Waals surface area contributed by atoms with Crippen LogP contribution >= 0.6 is 0 Å². The van der Waals surface area contributed by atoms with Crippen molar-refractivity contribution in [2.75, 3.05) is 6.61 Å². The minimum absolute atomic E-state index is 0.165. The Morgan fingerprint density at radius 1 is 1.30 bits per heavy atom. The maximum Gasteiger partial charge on any atom is 0.0575 e. The van der Waals surface area contributed by atoms with E-state index in [2.05, 4.69) is 12.8 Å². The second-order valence-corrected chi connectivity index (χ2v) is 6.95. The zero-order valence-corrected chi connectivity index (χ0v) is 13.1. The summed E-state index contributed by atoms with van der Waals surface area (Å²) in [6, 6.07) is 0.257. The van der Waals surface area contributed by atoms with Crippen LogP contribution < -0.4 is 5.73 Å². The van der Waals surface area contributed by atoms with Crippen molar-refractivity contribution in [2.45, 2.75) is 83.3 Å². The van der Waals surface area contributed by atoms with Crippen LogP contribution in [0, 0.1) is 23.7 Å². The van der Waals surface area contributed by atoms with Gasteiger partial charge in [0.2, 0.25) is 0 Å². The Morgan fingerprint density at radius 2 is 2.00 bits per heavy atom. The standard InChI is InChI=1S/C18H31NO/c1-3-15-7-9-17(10-8-15)20-13-5-6-16(19)14-18(4-2)11-12-18/h2,15-17H,3,5-14,19H2,1H3. The van der Waals surface area contributed by atoms with Crippen LogP contribution in [0.5, 0.6) is 0 Å². The fourth-order valence-electron chi connectivity index (χ4n) is 3.46. The highest BCUT2D eigenvalue weighted by molar-refractivity contribution is 5.15. The molecule has 0 aromatic rings. The van der Waals surface area contributed by atoms with Crippen molar-refractivity contribution in [2.24, 2.45) is 17.1 Å². The molecule has 0 aromatic heterocycles. The fraction of sp³-hybridized carbons (Fsp3) is 0.889. The number of terminal acetylenes is 1. The highest BCUT2D eigenvalue weighted by Gasteiger charge is 2.41. The van der Waals surface area contributed by atoms with Gasteiger partial charge in [0.15, 0.2) is 0 Å². The van der Waals surface area contributed by atoms with Gasteiger partial charge in [0, 0.05) is 18.1 Å². The number of ether oxygens (including phenoxy) is 1. The van der Waals surface area contributed by atoms with E-state index in [1.54, 1.807) is 0 Å². The summed E-state index contributed by atoms with van der Waals surface area (Å²) in [5.41, 5.74) is 6.35. The number of rotatable bonds is 8. The van der Waals surface area contributed by atoms with Crippen LogP contribution in [0.4, 0.5) is 0 Å². The van der Waals surface area contributed by atoms with E-state index in [0.29, 0.717) is 6.10 Å². The first kappa shape index (κ1) is 15.9. The van der Waals surface area contributed by atoms with E-state index in [1.807, 2.05) is 0 Å². The second kappa shape index (κ2) is 7.48. The van der Waals surface area contributed by atoms with E-state index in [4.69, 9.17) is 16.9 Å². The van der Waals surface area contributed by atoms with Crippen LogP contribution in [0.2, 0.25) is 0 Å². The van der Waals surface area contributed by atoms with Crippen LogP contribution in [-0.2, 0) is 4.74 Å². The second-order valence-electron chi connectivity index (χ2n) is 6.95. The molecule has 2 fully saturated rings. The molecule has 0 heterocycles. The molecule has 0 aliphatic heterocycles. The van der Waals surface area contributed by atoms with Crippen LogP contribution in [0.25, 0.3) is 0 Å². The van der Waals surface area contributed by atoms with Gasteiger partial charge in [-0.25, -0.2) is 0 Å². The number of hydrogen-bond acceptors (Lipinski definition) is 2. The molecular weight excluding hydrogens is 246 g/mol. The fourth-order valence-corrected chi connectivity index (χ4v) is 3.46. The molecule has 0 amide bonds. The average molecular weight is 277 g/mol. The lowest BCUT2D eigenvalue weighted by molar-refractivity contribution is 0.0153. The molecule has 0 radical (unpaired) electrons. The van der Waals surface area contributed by atoms with E-state index in [9.17, 15) is 0 Å². The van der Waals surface area contributed by atoms with Crippen molar-refractivity contribution in [3.63, 3.8) is 0 Å². The van der Waals surface area contributed by atoms with Gasteiger partial charge < -0.3 is 10.5 Å². The molecule has 0 bridgehead atoms. The topological polar surface area (TPSA) is 35.2 Å². The molecule has 2 nitrogen and oxygen atoms in total. The Bertz CT molecular complexity index is 321. The molecule has 2 aliphatic rings. The van der Waals surface area contributed by atoms with Gasteiger partial charge >= 0.3 is 0 Å². The molecule has 0 aromatic carbocycles. The van der Waals surface area contributed by atoms with Gasteiger partial charge in [0.1, 0.15) is 0 Å². The lowest BCUT2D eigenvalue weighted by atomic mass is 9.86. The number of nitrogens with two attached hydrogens (primary N) is 1. The maximum atomic E-state index is 6.18. The monoisotopic (exact) mass is 277 g/mol. The third-order valence-corrected chi connectivity index (χ3v) is 5.26. The summed E-state index contributed by atoms with van der Waals surface area (Å²) in [6.45, 7) is 3.17. The molecular formula is C18H31NO. The molecule has 2 heteroatoms. The predicted molar refractivity (Wildman–Crippen MR) is 84.3 cm³/mol. The molecule has 114 valence electrons. The van der Waals surface area contributed by atoms with Crippen molar-refractivity contribution in [1.29, 1.82) is 0 Å². The third kappa shape index (κ3) is 4.79. The minimum Gasteiger partial charge on any atom is -0.378 e. The zero-order valence-electron chi connectivity index (χ0n) is 13.1. The molecule has 2 N–H and O–H groups in total. The van der Waals surface area contributed by atoms with E-state index in [1.165, 1.54) is 44.9 Å². The van der Waals surface area contributed by atoms with Gasteiger partial charge in [0.25, 0.3) is 0 Å². The smallest absolute Gasteiger partial charge is 0.0575 e. The van der Waals surface area contributed by atoms with Gasteiger partial charge in [0.05, 0.1) is 6.10 Å². The van der Waals surface area contributed by atoms with E-state index >= 15 is 0 Å². The van der Waals surface area contributed by atoms with Crippen LogP contribution in [0.3, 0.4) is 0 Å². The first-order chi connectivity index (χ1) is 9.67. The average Bonchev–Trinajstić information content (AvgIpc) is 3.24. The largest absolute Gasteiger partial charge is 0.378 e. The summed E-state index contributed by atoms with van der Waals surface area (Å²) in [6.07, 6.45) is 18.1. The van der Waals surface area contributed by atoms with Crippen LogP contribution in [-0.4, -0.2) is 18.8 Å².